The zero-order valence-corrected chi connectivity index (χ0v) is 17.2. The molecular weight excluding hydrogens is 360 g/mol. The van der Waals surface area contributed by atoms with Gasteiger partial charge in [0.1, 0.15) is 5.75 Å². The van der Waals surface area contributed by atoms with E-state index < -0.39 is 0 Å². The SMILES string of the molecule is Oc1ccc(C2=C3[C@H]4CCCCC4=CC[C@H]3[C@@H]3CCC4OCCOC[C@@]43C2)cc1. The molecule has 2 saturated carbocycles. The van der Waals surface area contributed by atoms with Crippen molar-refractivity contribution in [2.75, 3.05) is 19.8 Å². The lowest BCUT2D eigenvalue weighted by Gasteiger charge is -2.51. The van der Waals surface area contributed by atoms with E-state index in [1.165, 1.54) is 50.5 Å². The molecule has 0 bridgehead atoms. The molecule has 3 nitrogen and oxygen atoms in total. The van der Waals surface area contributed by atoms with E-state index in [9.17, 15) is 5.11 Å². The van der Waals surface area contributed by atoms with Crippen molar-refractivity contribution in [1.29, 1.82) is 0 Å². The third-order valence-electron chi connectivity index (χ3n) is 8.66. The Morgan fingerprint density at radius 3 is 2.79 bits per heavy atom. The van der Waals surface area contributed by atoms with Gasteiger partial charge in [0.2, 0.25) is 0 Å². The number of ether oxygens (including phenoxy) is 2. The van der Waals surface area contributed by atoms with E-state index in [4.69, 9.17) is 9.47 Å². The average Bonchev–Trinajstić information content (AvgIpc) is 3.00. The molecule has 154 valence electrons. The van der Waals surface area contributed by atoms with Crippen LogP contribution in [0.1, 0.15) is 56.9 Å². The molecule has 0 amide bonds. The number of benzene rings is 1. The lowest BCUT2D eigenvalue weighted by molar-refractivity contribution is -0.0389. The summed E-state index contributed by atoms with van der Waals surface area (Å²) in [4.78, 5) is 0. The Morgan fingerprint density at radius 2 is 1.90 bits per heavy atom. The Kier molecular flexibility index (Phi) is 4.39. The fourth-order valence-corrected chi connectivity index (χ4v) is 7.48. The summed E-state index contributed by atoms with van der Waals surface area (Å²) >= 11 is 0. The van der Waals surface area contributed by atoms with Gasteiger partial charge in [0, 0.05) is 11.3 Å². The standard InChI is InChI=1S/C26H32O3/c27-19-8-5-18(6-9-19)22-15-26-16-28-13-14-29-24(26)12-11-23(26)21-10-7-17-3-1-2-4-20(17)25(21)22/h5-9,20-21,23-24,27H,1-4,10-16H2/t20-,21-,23-,24?,26+/m0/s1. The highest BCUT2D eigenvalue weighted by atomic mass is 16.5. The number of phenols is 1. The van der Waals surface area contributed by atoms with Crippen molar-refractivity contribution < 1.29 is 14.6 Å². The van der Waals surface area contributed by atoms with Crippen LogP contribution < -0.4 is 0 Å². The van der Waals surface area contributed by atoms with Crippen molar-refractivity contribution in [3.63, 3.8) is 0 Å². The third kappa shape index (κ3) is 2.77. The first-order valence-corrected chi connectivity index (χ1v) is 11.7. The van der Waals surface area contributed by atoms with Gasteiger partial charge in [0.15, 0.2) is 0 Å². The van der Waals surface area contributed by atoms with Crippen molar-refractivity contribution in [2.45, 2.75) is 57.5 Å². The monoisotopic (exact) mass is 392 g/mol. The van der Waals surface area contributed by atoms with Crippen LogP contribution in [0.25, 0.3) is 5.57 Å². The first-order chi connectivity index (χ1) is 14.3. The fraction of sp³-hybridized carbons (Fsp3) is 0.615. The molecule has 1 heterocycles. The van der Waals surface area contributed by atoms with Crippen LogP contribution in [-0.4, -0.2) is 31.0 Å². The summed E-state index contributed by atoms with van der Waals surface area (Å²) < 4.78 is 12.5. The van der Waals surface area contributed by atoms with Crippen molar-refractivity contribution in [1.82, 2.24) is 0 Å². The fourth-order valence-electron chi connectivity index (χ4n) is 7.48. The maximum absolute atomic E-state index is 9.88. The molecule has 5 atom stereocenters. The van der Waals surface area contributed by atoms with Gasteiger partial charge in [0.25, 0.3) is 0 Å². The predicted molar refractivity (Wildman–Crippen MR) is 114 cm³/mol. The van der Waals surface area contributed by atoms with Gasteiger partial charge >= 0.3 is 0 Å². The Bertz CT molecular complexity index is 851. The lowest BCUT2D eigenvalue weighted by Crippen LogP contribution is -2.47. The summed E-state index contributed by atoms with van der Waals surface area (Å²) in [5.41, 5.74) is 6.42. The molecule has 6 rings (SSSR count). The summed E-state index contributed by atoms with van der Waals surface area (Å²) in [5, 5.41) is 9.88. The number of rotatable bonds is 1. The van der Waals surface area contributed by atoms with Gasteiger partial charge in [-0.15, -0.1) is 0 Å². The van der Waals surface area contributed by atoms with Gasteiger partial charge in [-0.2, -0.15) is 0 Å². The van der Waals surface area contributed by atoms with Crippen LogP contribution in [0.4, 0.5) is 0 Å². The van der Waals surface area contributed by atoms with E-state index in [1.807, 2.05) is 12.1 Å². The molecule has 1 aliphatic heterocycles. The number of fused-ring (bicyclic) bond motifs is 4. The average molecular weight is 393 g/mol. The molecule has 1 saturated heterocycles. The summed E-state index contributed by atoms with van der Waals surface area (Å²) in [6.07, 6.45) is 13.0. The van der Waals surface area contributed by atoms with Crippen LogP contribution in [0, 0.1) is 23.2 Å². The van der Waals surface area contributed by atoms with Gasteiger partial charge in [-0.25, -0.2) is 0 Å². The summed E-state index contributed by atoms with van der Waals surface area (Å²) in [7, 11) is 0. The molecule has 3 fully saturated rings. The highest BCUT2D eigenvalue weighted by Crippen LogP contribution is 2.63. The maximum Gasteiger partial charge on any atom is 0.115 e. The Balaban J connectivity index is 1.52. The highest BCUT2D eigenvalue weighted by molar-refractivity contribution is 5.73. The van der Waals surface area contributed by atoms with E-state index in [-0.39, 0.29) is 5.41 Å². The molecular formula is C26H32O3. The van der Waals surface area contributed by atoms with Crippen molar-refractivity contribution in [2.24, 2.45) is 23.2 Å². The van der Waals surface area contributed by atoms with E-state index in [2.05, 4.69) is 18.2 Å². The molecule has 1 unspecified atom stereocenters. The number of aromatic hydroxyl groups is 1. The summed E-state index contributed by atoms with van der Waals surface area (Å²) in [6, 6.07) is 7.98. The quantitative estimate of drug-likeness (QED) is 0.642. The second kappa shape index (κ2) is 6.99. The molecule has 3 heteroatoms. The minimum Gasteiger partial charge on any atom is -0.508 e. The number of phenolic OH excluding ortho intramolecular Hbond substituents is 1. The van der Waals surface area contributed by atoms with Gasteiger partial charge in [-0.3, -0.25) is 0 Å². The minimum atomic E-state index is 0.123. The van der Waals surface area contributed by atoms with Gasteiger partial charge in [-0.05, 0) is 80.1 Å². The van der Waals surface area contributed by atoms with Crippen LogP contribution in [0.3, 0.4) is 0 Å². The molecule has 1 aromatic carbocycles. The normalized spacial score (nSPS) is 39.0. The maximum atomic E-state index is 9.88. The minimum absolute atomic E-state index is 0.123. The van der Waals surface area contributed by atoms with Crippen LogP contribution in [0.2, 0.25) is 0 Å². The van der Waals surface area contributed by atoms with Gasteiger partial charge in [-0.1, -0.05) is 35.8 Å². The van der Waals surface area contributed by atoms with Crippen LogP contribution >= 0.6 is 0 Å². The molecule has 1 aromatic rings. The zero-order chi connectivity index (χ0) is 19.4. The van der Waals surface area contributed by atoms with Crippen LogP contribution in [0.5, 0.6) is 5.75 Å². The largest absolute Gasteiger partial charge is 0.508 e. The van der Waals surface area contributed by atoms with E-state index >= 15 is 0 Å². The van der Waals surface area contributed by atoms with Crippen molar-refractivity contribution in [3.8, 4) is 5.75 Å². The van der Waals surface area contributed by atoms with E-state index in [0.717, 1.165) is 26.2 Å². The first kappa shape index (κ1) is 18.2. The van der Waals surface area contributed by atoms with Gasteiger partial charge < -0.3 is 14.6 Å². The van der Waals surface area contributed by atoms with Crippen LogP contribution in [-0.2, 0) is 9.47 Å². The Hall–Kier alpha value is -1.58. The van der Waals surface area contributed by atoms with E-state index in [1.54, 1.807) is 16.7 Å². The van der Waals surface area contributed by atoms with E-state index in [0.29, 0.717) is 29.6 Å². The second-order valence-corrected chi connectivity index (χ2v) is 9.91. The molecule has 4 aliphatic carbocycles. The number of allylic oxidation sites excluding steroid dienone is 4. The molecule has 5 aliphatic rings. The van der Waals surface area contributed by atoms with Gasteiger partial charge in [0.05, 0.1) is 25.9 Å². The molecule has 0 radical (unpaired) electrons. The topological polar surface area (TPSA) is 38.7 Å². The predicted octanol–water partition coefficient (Wildman–Crippen LogP) is 5.50. The summed E-state index contributed by atoms with van der Waals surface area (Å²) in [6.45, 7) is 2.31. The smallest absolute Gasteiger partial charge is 0.115 e. The molecule has 0 aromatic heterocycles. The Labute approximate surface area is 173 Å². The molecule has 1 N–H and O–H groups in total. The summed E-state index contributed by atoms with van der Waals surface area (Å²) in [5.74, 6) is 2.32. The Morgan fingerprint density at radius 1 is 1.00 bits per heavy atom. The zero-order valence-electron chi connectivity index (χ0n) is 17.2. The van der Waals surface area contributed by atoms with Crippen molar-refractivity contribution in [3.05, 3.63) is 47.1 Å². The van der Waals surface area contributed by atoms with Crippen LogP contribution in [0.15, 0.2) is 41.5 Å². The van der Waals surface area contributed by atoms with Crippen molar-refractivity contribution >= 4 is 5.57 Å². The highest BCUT2D eigenvalue weighted by Gasteiger charge is 2.58. The number of hydrogen-bond acceptors (Lipinski definition) is 3. The molecule has 1 spiro atoms. The third-order valence-corrected chi connectivity index (χ3v) is 8.66. The number of hydrogen-bond donors (Lipinski definition) is 1. The first-order valence-electron chi connectivity index (χ1n) is 11.7. The molecule has 29 heavy (non-hydrogen) atoms. The second-order valence-electron chi connectivity index (χ2n) is 9.91. The lowest BCUT2D eigenvalue weighted by atomic mass is 9.54.